The molecule has 0 aliphatic carbocycles. The van der Waals surface area contributed by atoms with E-state index in [0.29, 0.717) is 13.0 Å². The Balaban J connectivity index is 2.06. The molecule has 1 aliphatic heterocycles. The largest absolute Gasteiger partial charge is 0.464 e. The van der Waals surface area contributed by atoms with Gasteiger partial charge in [0, 0.05) is 24.3 Å². The molecule has 108 valence electrons. The molecule has 1 aliphatic rings. The molecule has 20 heavy (non-hydrogen) atoms. The van der Waals surface area contributed by atoms with Crippen LogP contribution in [0.3, 0.4) is 0 Å². The highest BCUT2D eigenvalue weighted by atomic mass is 16.5. The van der Waals surface area contributed by atoms with Crippen molar-refractivity contribution in [1.82, 2.24) is 0 Å². The van der Waals surface area contributed by atoms with Gasteiger partial charge in [-0.25, -0.2) is 4.79 Å². The Labute approximate surface area is 118 Å². The summed E-state index contributed by atoms with van der Waals surface area (Å²) in [7, 11) is 0. The molecule has 1 fully saturated rings. The van der Waals surface area contributed by atoms with Gasteiger partial charge in [0.25, 0.3) is 0 Å². The smallest absolute Gasteiger partial charge is 0.328 e. The highest BCUT2D eigenvalue weighted by Gasteiger charge is 2.22. The number of hydrogen-bond donors (Lipinski definition) is 1. The molecule has 1 amide bonds. The highest BCUT2D eigenvalue weighted by Crippen LogP contribution is 2.24. The van der Waals surface area contributed by atoms with Crippen molar-refractivity contribution >= 4 is 23.3 Å². The Morgan fingerprint density at radius 3 is 2.95 bits per heavy atom. The fraction of sp³-hybridized carbons (Fsp3) is 0.467. The number of rotatable bonds is 5. The van der Waals surface area contributed by atoms with Crippen LogP contribution in [0, 0.1) is 0 Å². The summed E-state index contributed by atoms with van der Waals surface area (Å²) in [6.07, 6.45) is 1.51. The maximum Gasteiger partial charge on any atom is 0.328 e. The Hall–Kier alpha value is -2.04. The molecular weight excluding hydrogens is 256 g/mol. The normalized spacial score (nSPS) is 16.1. The Kier molecular flexibility index (Phi) is 4.61. The first-order valence-corrected chi connectivity index (χ1v) is 6.95. The van der Waals surface area contributed by atoms with Crippen molar-refractivity contribution in [3.63, 3.8) is 0 Å². The van der Waals surface area contributed by atoms with Gasteiger partial charge >= 0.3 is 5.97 Å². The second-order valence-electron chi connectivity index (χ2n) is 4.82. The van der Waals surface area contributed by atoms with Gasteiger partial charge in [-0.2, -0.15) is 0 Å². The summed E-state index contributed by atoms with van der Waals surface area (Å²) in [5.74, 6) is -0.129. The molecule has 0 bridgehead atoms. The summed E-state index contributed by atoms with van der Waals surface area (Å²) in [5.41, 5.74) is 1.68. The molecule has 1 heterocycles. The molecule has 0 radical (unpaired) electrons. The Morgan fingerprint density at radius 1 is 1.50 bits per heavy atom. The lowest BCUT2D eigenvalue weighted by molar-refractivity contribution is -0.143. The number of nitrogens with one attached hydrogen (secondary N) is 1. The van der Waals surface area contributed by atoms with Crippen LogP contribution >= 0.6 is 0 Å². The van der Waals surface area contributed by atoms with E-state index in [1.54, 1.807) is 18.7 Å². The summed E-state index contributed by atoms with van der Waals surface area (Å²) >= 11 is 0. The van der Waals surface area contributed by atoms with Gasteiger partial charge in [-0.05, 0) is 38.5 Å². The van der Waals surface area contributed by atoms with Crippen molar-refractivity contribution in [1.29, 1.82) is 0 Å². The molecule has 1 aromatic rings. The molecule has 1 saturated heterocycles. The third-order valence-corrected chi connectivity index (χ3v) is 3.25. The number of carbonyl (C=O) groups excluding carboxylic acids is 2. The maximum atomic E-state index is 11.7. The van der Waals surface area contributed by atoms with Gasteiger partial charge in [-0.15, -0.1) is 0 Å². The van der Waals surface area contributed by atoms with Crippen LogP contribution in [0.15, 0.2) is 24.3 Å². The van der Waals surface area contributed by atoms with E-state index < -0.39 is 6.04 Å². The van der Waals surface area contributed by atoms with Gasteiger partial charge in [0.2, 0.25) is 5.91 Å². The minimum atomic E-state index is -0.417. The predicted octanol–water partition coefficient (Wildman–Crippen LogP) is 2.18. The van der Waals surface area contributed by atoms with Crippen LogP contribution < -0.4 is 10.2 Å². The average molecular weight is 276 g/mol. The lowest BCUT2D eigenvalue weighted by Crippen LogP contribution is -2.28. The van der Waals surface area contributed by atoms with E-state index in [2.05, 4.69) is 5.32 Å². The third-order valence-electron chi connectivity index (χ3n) is 3.25. The molecule has 0 spiro atoms. The second-order valence-corrected chi connectivity index (χ2v) is 4.82. The Morgan fingerprint density at radius 2 is 2.30 bits per heavy atom. The van der Waals surface area contributed by atoms with Crippen molar-refractivity contribution in [2.75, 3.05) is 23.4 Å². The highest BCUT2D eigenvalue weighted by molar-refractivity contribution is 5.95. The number of ether oxygens (including phenoxy) is 1. The van der Waals surface area contributed by atoms with Gasteiger partial charge in [-0.3, -0.25) is 4.79 Å². The fourth-order valence-electron chi connectivity index (χ4n) is 2.26. The zero-order chi connectivity index (χ0) is 14.5. The molecule has 0 aromatic heterocycles. The van der Waals surface area contributed by atoms with Crippen molar-refractivity contribution < 1.29 is 14.3 Å². The second kappa shape index (κ2) is 6.41. The standard InChI is InChI=1S/C15H20N2O3/c1-3-20-15(19)11(2)16-12-6-4-7-13(10-12)17-9-5-8-14(17)18/h4,6-7,10-11,16H,3,5,8-9H2,1-2H3/t11-/m0/s1. The van der Waals surface area contributed by atoms with Gasteiger partial charge in [0.15, 0.2) is 0 Å². The first kappa shape index (κ1) is 14.4. The van der Waals surface area contributed by atoms with Crippen molar-refractivity contribution in [2.24, 2.45) is 0 Å². The molecule has 1 N–H and O–H groups in total. The lowest BCUT2D eigenvalue weighted by Gasteiger charge is -2.18. The maximum absolute atomic E-state index is 11.7. The van der Waals surface area contributed by atoms with E-state index in [4.69, 9.17) is 4.74 Å². The molecule has 0 saturated carbocycles. The molecule has 2 rings (SSSR count). The number of amides is 1. The predicted molar refractivity (Wildman–Crippen MR) is 77.7 cm³/mol. The first-order chi connectivity index (χ1) is 9.61. The third kappa shape index (κ3) is 3.29. The van der Waals surface area contributed by atoms with Crippen LogP contribution in [0.4, 0.5) is 11.4 Å². The van der Waals surface area contributed by atoms with Crippen LogP contribution in [0.5, 0.6) is 0 Å². The van der Waals surface area contributed by atoms with Crippen LogP contribution in [0.25, 0.3) is 0 Å². The van der Waals surface area contributed by atoms with Crippen molar-refractivity contribution in [3.8, 4) is 0 Å². The van der Waals surface area contributed by atoms with Gasteiger partial charge < -0.3 is 15.0 Å². The Bertz CT molecular complexity index is 502. The SMILES string of the molecule is CCOC(=O)[C@H](C)Nc1cccc(N2CCCC2=O)c1. The zero-order valence-electron chi connectivity index (χ0n) is 11.9. The summed E-state index contributed by atoms with van der Waals surface area (Å²) in [6, 6.07) is 7.13. The van der Waals surface area contributed by atoms with Gasteiger partial charge in [0.1, 0.15) is 6.04 Å². The molecule has 1 aromatic carbocycles. The van der Waals surface area contributed by atoms with E-state index >= 15 is 0 Å². The summed E-state index contributed by atoms with van der Waals surface area (Å²) in [6.45, 7) is 4.67. The van der Waals surface area contributed by atoms with E-state index in [9.17, 15) is 9.59 Å². The number of hydrogen-bond acceptors (Lipinski definition) is 4. The number of benzene rings is 1. The topological polar surface area (TPSA) is 58.6 Å². The molecule has 0 unspecified atom stereocenters. The fourth-order valence-corrected chi connectivity index (χ4v) is 2.26. The number of nitrogens with zero attached hydrogens (tertiary/aromatic N) is 1. The number of carbonyl (C=O) groups is 2. The summed E-state index contributed by atoms with van der Waals surface area (Å²) in [4.78, 5) is 25.1. The lowest BCUT2D eigenvalue weighted by atomic mass is 10.2. The quantitative estimate of drug-likeness (QED) is 0.837. The van der Waals surface area contributed by atoms with Crippen LogP contribution in [0.2, 0.25) is 0 Å². The number of anilines is 2. The van der Waals surface area contributed by atoms with Crippen molar-refractivity contribution in [3.05, 3.63) is 24.3 Å². The molecule has 5 nitrogen and oxygen atoms in total. The van der Waals surface area contributed by atoms with E-state index in [1.807, 2.05) is 24.3 Å². The molecule has 5 heteroatoms. The van der Waals surface area contributed by atoms with Crippen LogP contribution in [-0.2, 0) is 14.3 Å². The van der Waals surface area contributed by atoms with Crippen LogP contribution in [-0.4, -0.2) is 31.1 Å². The van der Waals surface area contributed by atoms with E-state index in [1.165, 1.54) is 0 Å². The monoisotopic (exact) mass is 276 g/mol. The van der Waals surface area contributed by atoms with Crippen LogP contribution in [0.1, 0.15) is 26.7 Å². The van der Waals surface area contributed by atoms with Gasteiger partial charge in [-0.1, -0.05) is 6.07 Å². The van der Waals surface area contributed by atoms with Crippen molar-refractivity contribution in [2.45, 2.75) is 32.7 Å². The zero-order valence-corrected chi connectivity index (χ0v) is 11.9. The van der Waals surface area contributed by atoms with Gasteiger partial charge in [0.05, 0.1) is 6.61 Å². The summed E-state index contributed by atoms with van der Waals surface area (Å²) < 4.78 is 4.96. The number of esters is 1. The average Bonchev–Trinajstić information content (AvgIpc) is 2.85. The summed E-state index contributed by atoms with van der Waals surface area (Å²) in [5, 5.41) is 3.09. The minimum absolute atomic E-state index is 0.153. The first-order valence-electron chi connectivity index (χ1n) is 6.95. The minimum Gasteiger partial charge on any atom is -0.464 e. The molecular formula is C15H20N2O3. The molecule has 1 atom stereocenters. The van der Waals surface area contributed by atoms with E-state index in [-0.39, 0.29) is 11.9 Å². The van der Waals surface area contributed by atoms with E-state index in [0.717, 1.165) is 24.3 Å².